The van der Waals surface area contributed by atoms with Gasteiger partial charge in [0.25, 0.3) is 5.91 Å². The number of methoxy groups -OCH3 is 1. The van der Waals surface area contributed by atoms with Crippen LogP contribution in [-0.4, -0.2) is 79.3 Å². The molecule has 29 heavy (non-hydrogen) atoms. The van der Waals surface area contributed by atoms with Gasteiger partial charge in [0.2, 0.25) is 5.91 Å². The van der Waals surface area contributed by atoms with Crippen LogP contribution in [0.2, 0.25) is 0 Å². The number of carbonyl (C=O) groups is 2. The summed E-state index contributed by atoms with van der Waals surface area (Å²) in [6.07, 6.45) is 0.959. The van der Waals surface area contributed by atoms with Gasteiger partial charge in [-0.1, -0.05) is 42.4 Å². The van der Waals surface area contributed by atoms with Gasteiger partial charge in [-0.15, -0.1) is 0 Å². The number of carbonyl (C=O) groups excluding carboxylic acids is 2. The van der Waals surface area contributed by atoms with Crippen LogP contribution in [0.3, 0.4) is 0 Å². The Morgan fingerprint density at radius 1 is 1.28 bits per heavy atom. The molecule has 3 rings (SSSR count). The number of piperazine rings is 1. The van der Waals surface area contributed by atoms with Gasteiger partial charge in [-0.05, 0) is 6.42 Å². The maximum atomic E-state index is 12.6. The van der Waals surface area contributed by atoms with Crippen LogP contribution in [0.25, 0.3) is 11.3 Å². The highest BCUT2D eigenvalue weighted by Gasteiger charge is 2.28. The van der Waals surface area contributed by atoms with Gasteiger partial charge in [-0.3, -0.25) is 14.5 Å². The zero-order valence-corrected chi connectivity index (χ0v) is 17.0. The van der Waals surface area contributed by atoms with Crippen LogP contribution < -0.4 is 5.32 Å². The van der Waals surface area contributed by atoms with Gasteiger partial charge < -0.3 is 19.5 Å². The smallest absolute Gasteiger partial charge is 0.273 e. The SMILES string of the molecule is CCC1CN(C(=O)CNC(=O)c2cc(-c3ccccc3)on2)CCN1CCOC. The predicted octanol–water partition coefficient (Wildman–Crippen LogP) is 1.64. The molecule has 2 aromatic rings. The largest absolute Gasteiger partial charge is 0.383 e. The molecule has 2 heterocycles. The van der Waals surface area contributed by atoms with E-state index in [9.17, 15) is 9.59 Å². The van der Waals surface area contributed by atoms with Crippen LogP contribution in [0.15, 0.2) is 40.9 Å². The molecule has 2 amide bonds. The van der Waals surface area contributed by atoms with E-state index >= 15 is 0 Å². The second kappa shape index (κ2) is 10.2. The molecule has 0 radical (unpaired) electrons. The minimum Gasteiger partial charge on any atom is -0.383 e. The Morgan fingerprint density at radius 3 is 2.79 bits per heavy atom. The third-order valence-electron chi connectivity index (χ3n) is 5.21. The van der Waals surface area contributed by atoms with Crippen LogP contribution in [0.1, 0.15) is 23.8 Å². The Bertz CT molecular complexity index is 808. The number of rotatable bonds is 8. The van der Waals surface area contributed by atoms with Gasteiger partial charge in [0.15, 0.2) is 11.5 Å². The van der Waals surface area contributed by atoms with Gasteiger partial charge in [0.1, 0.15) is 0 Å². The second-order valence-electron chi connectivity index (χ2n) is 7.06. The van der Waals surface area contributed by atoms with Crippen molar-refractivity contribution in [2.75, 3.05) is 46.4 Å². The summed E-state index contributed by atoms with van der Waals surface area (Å²) >= 11 is 0. The summed E-state index contributed by atoms with van der Waals surface area (Å²) < 4.78 is 10.4. The molecule has 0 spiro atoms. The van der Waals surface area contributed by atoms with E-state index in [-0.39, 0.29) is 18.1 Å². The molecule has 1 saturated heterocycles. The summed E-state index contributed by atoms with van der Waals surface area (Å²) in [6, 6.07) is 11.3. The lowest BCUT2D eigenvalue weighted by Gasteiger charge is -2.41. The topological polar surface area (TPSA) is 87.9 Å². The summed E-state index contributed by atoms with van der Waals surface area (Å²) in [4.78, 5) is 29.1. The molecule has 1 N–H and O–H groups in total. The zero-order chi connectivity index (χ0) is 20.6. The highest BCUT2D eigenvalue weighted by molar-refractivity contribution is 5.95. The quantitative estimate of drug-likeness (QED) is 0.725. The Kier molecular flexibility index (Phi) is 7.37. The summed E-state index contributed by atoms with van der Waals surface area (Å²) in [5.41, 5.74) is 1.000. The number of nitrogens with zero attached hydrogens (tertiary/aromatic N) is 3. The monoisotopic (exact) mass is 400 g/mol. The number of nitrogens with one attached hydrogen (secondary N) is 1. The number of hydrogen-bond acceptors (Lipinski definition) is 6. The minimum absolute atomic E-state index is 0.0547. The van der Waals surface area contributed by atoms with Crippen molar-refractivity contribution < 1.29 is 18.8 Å². The van der Waals surface area contributed by atoms with Crippen molar-refractivity contribution in [1.29, 1.82) is 0 Å². The highest BCUT2D eigenvalue weighted by atomic mass is 16.5. The fraction of sp³-hybridized carbons (Fsp3) is 0.476. The molecule has 1 aromatic carbocycles. The molecule has 0 bridgehead atoms. The number of aromatic nitrogens is 1. The van der Waals surface area contributed by atoms with Crippen molar-refractivity contribution in [1.82, 2.24) is 20.3 Å². The first kappa shape index (κ1) is 21.0. The molecule has 1 unspecified atom stereocenters. The van der Waals surface area contributed by atoms with Gasteiger partial charge >= 0.3 is 0 Å². The lowest BCUT2D eigenvalue weighted by molar-refractivity contribution is -0.133. The van der Waals surface area contributed by atoms with E-state index in [4.69, 9.17) is 9.26 Å². The van der Waals surface area contributed by atoms with Crippen molar-refractivity contribution in [3.8, 4) is 11.3 Å². The van der Waals surface area contributed by atoms with Crippen LogP contribution in [-0.2, 0) is 9.53 Å². The lowest BCUT2D eigenvalue weighted by Crippen LogP contribution is -2.56. The standard InChI is InChI=1S/C21H28N4O4/c1-3-17-15-25(10-9-24(17)11-12-28-2)20(26)14-22-21(27)18-13-19(29-23-18)16-7-5-4-6-8-16/h4-8,13,17H,3,9-12,14-15H2,1-2H3,(H,22,27). The second-order valence-corrected chi connectivity index (χ2v) is 7.06. The number of amides is 2. The van der Waals surface area contributed by atoms with Crippen LogP contribution >= 0.6 is 0 Å². The van der Waals surface area contributed by atoms with Gasteiger partial charge in [0.05, 0.1) is 13.2 Å². The maximum Gasteiger partial charge on any atom is 0.273 e. The lowest BCUT2D eigenvalue weighted by atomic mass is 10.1. The normalized spacial score (nSPS) is 17.3. The number of benzene rings is 1. The molecule has 1 aromatic heterocycles. The first-order chi connectivity index (χ1) is 14.1. The van der Waals surface area contributed by atoms with E-state index in [1.54, 1.807) is 13.2 Å². The Morgan fingerprint density at radius 2 is 2.07 bits per heavy atom. The van der Waals surface area contributed by atoms with E-state index < -0.39 is 5.91 Å². The molecule has 0 saturated carbocycles. The average Bonchev–Trinajstić information content (AvgIpc) is 3.26. The van der Waals surface area contributed by atoms with E-state index in [0.29, 0.717) is 31.5 Å². The molecule has 0 aliphatic carbocycles. The first-order valence-corrected chi connectivity index (χ1v) is 9.93. The molecule has 1 atom stereocenters. The molecule has 8 heteroatoms. The average molecular weight is 400 g/mol. The van der Waals surface area contributed by atoms with Crippen molar-refractivity contribution in [3.63, 3.8) is 0 Å². The minimum atomic E-state index is -0.421. The summed E-state index contributed by atoms with van der Waals surface area (Å²) in [5, 5.41) is 6.47. The summed E-state index contributed by atoms with van der Waals surface area (Å²) in [6.45, 7) is 5.74. The molecular formula is C21H28N4O4. The van der Waals surface area contributed by atoms with Gasteiger partial charge in [-0.2, -0.15) is 0 Å². The van der Waals surface area contributed by atoms with Crippen LogP contribution in [0.5, 0.6) is 0 Å². The molecule has 1 aliphatic heterocycles. The molecular weight excluding hydrogens is 372 g/mol. The van der Waals surface area contributed by atoms with E-state index in [1.165, 1.54) is 0 Å². The van der Waals surface area contributed by atoms with Crippen LogP contribution in [0.4, 0.5) is 0 Å². The van der Waals surface area contributed by atoms with Crippen molar-refractivity contribution in [2.24, 2.45) is 0 Å². The maximum absolute atomic E-state index is 12.6. The van der Waals surface area contributed by atoms with Crippen molar-refractivity contribution in [3.05, 3.63) is 42.1 Å². The number of ether oxygens (including phenoxy) is 1. The Hall–Kier alpha value is -2.71. The van der Waals surface area contributed by atoms with Gasteiger partial charge in [-0.25, -0.2) is 0 Å². The highest BCUT2D eigenvalue weighted by Crippen LogP contribution is 2.19. The zero-order valence-electron chi connectivity index (χ0n) is 17.0. The summed E-state index contributed by atoms with van der Waals surface area (Å²) in [5.74, 6) is 0.00469. The molecule has 8 nitrogen and oxygen atoms in total. The third kappa shape index (κ3) is 5.42. The molecule has 1 fully saturated rings. The Balaban J connectivity index is 1.50. The van der Waals surface area contributed by atoms with Crippen molar-refractivity contribution in [2.45, 2.75) is 19.4 Å². The molecule has 1 aliphatic rings. The van der Waals surface area contributed by atoms with E-state index in [1.807, 2.05) is 35.2 Å². The van der Waals surface area contributed by atoms with E-state index in [0.717, 1.165) is 25.1 Å². The predicted molar refractivity (Wildman–Crippen MR) is 108 cm³/mol. The fourth-order valence-electron chi connectivity index (χ4n) is 3.49. The first-order valence-electron chi connectivity index (χ1n) is 9.93. The van der Waals surface area contributed by atoms with E-state index in [2.05, 4.69) is 22.3 Å². The Labute approximate surface area is 170 Å². The summed E-state index contributed by atoms with van der Waals surface area (Å²) in [7, 11) is 1.70. The van der Waals surface area contributed by atoms with Crippen molar-refractivity contribution >= 4 is 11.8 Å². The van der Waals surface area contributed by atoms with Gasteiger partial charge in [0, 0.05) is 51.0 Å². The third-order valence-corrected chi connectivity index (χ3v) is 5.21. The number of hydrogen-bond donors (Lipinski definition) is 1. The van der Waals surface area contributed by atoms with Crippen LogP contribution in [0, 0.1) is 0 Å². The fourth-order valence-corrected chi connectivity index (χ4v) is 3.49. The molecule has 156 valence electrons.